The van der Waals surface area contributed by atoms with Crippen LogP contribution in [0.25, 0.3) is 0 Å². The molecule has 0 spiro atoms. The normalized spacial score (nSPS) is 21.6. The molecule has 2 N–H and O–H groups in total. The van der Waals surface area contributed by atoms with Crippen molar-refractivity contribution >= 4 is 26.0 Å². The van der Waals surface area contributed by atoms with Crippen LogP contribution in [0.4, 0.5) is 0 Å². The number of hydrogen-bond donors (Lipinski definition) is 1. The summed E-state index contributed by atoms with van der Waals surface area (Å²) in [4.78, 5) is 0.184. The molecule has 2 heterocycles. The van der Waals surface area contributed by atoms with Gasteiger partial charge in [-0.1, -0.05) is 6.92 Å². The summed E-state index contributed by atoms with van der Waals surface area (Å²) < 4.78 is 32.2. The molecule has 1 fully saturated rings. The molecular formula is C11H17BrN2O3S. The highest BCUT2D eigenvalue weighted by Crippen LogP contribution is 2.33. The van der Waals surface area contributed by atoms with Gasteiger partial charge in [-0.25, -0.2) is 8.42 Å². The van der Waals surface area contributed by atoms with Crippen LogP contribution in [-0.2, 0) is 16.6 Å². The van der Waals surface area contributed by atoms with E-state index in [1.807, 2.05) is 6.92 Å². The Hall–Kier alpha value is -0.370. The first-order valence-electron chi connectivity index (χ1n) is 6.00. The Morgan fingerprint density at radius 2 is 2.33 bits per heavy atom. The summed E-state index contributed by atoms with van der Waals surface area (Å²) >= 11 is 3.15. The zero-order chi connectivity index (χ0) is 13.3. The van der Waals surface area contributed by atoms with E-state index >= 15 is 0 Å². The number of nitrogens with zero attached hydrogens (tertiary/aromatic N) is 1. The van der Waals surface area contributed by atoms with Gasteiger partial charge >= 0.3 is 0 Å². The lowest BCUT2D eigenvalue weighted by atomic mass is 10.2. The number of nitrogens with two attached hydrogens (primary N) is 1. The number of sulfonamides is 1. The van der Waals surface area contributed by atoms with Gasteiger partial charge in [0.05, 0.1) is 6.54 Å². The van der Waals surface area contributed by atoms with E-state index < -0.39 is 10.0 Å². The van der Waals surface area contributed by atoms with Crippen molar-refractivity contribution in [3.63, 3.8) is 0 Å². The van der Waals surface area contributed by atoms with Crippen LogP contribution in [0.15, 0.2) is 20.0 Å². The summed E-state index contributed by atoms with van der Waals surface area (Å²) in [5.41, 5.74) is 5.46. The van der Waals surface area contributed by atoms with Crippen LogP contribution < -0.4 is 5.73 Å². The topological polar surface area (TPSA) is 76.5 Å². The third kappa shape index (κ3) is 2.36. The summed E-state index contributed by atoms with van der Waals surface area (Å²) in [5.74, 6) is 0.465. The van der Waals surface area contributed by atoms with Crippen molar-refractivity contribution in [3.8, 4) is 0 Å². The molecule has 1 aliphatic heterocycles. The fourth-order valence-corrected chi connectivity index (χ4v) is 5.06. The van der Waals surface area contributed by atoms with Crippen LogP contribution >= 0.6 is 15.9 Å². The van der Waals surface area contributed by atoms with Gasteiger partial charge in [0.25, 0.3) is 0 Å². The Balaban J connectivity index is 2.38. The maximum atomic E-state index is 12.5. The lowest BCUT2D eigenvalue weighted by Gasteiger charge is -2.22. The molecule has 1 saturated heterocycles. The lowest BCUT2D eigenvalue weighted by molar-refractivity contribution is 0.378. The molecule has 2 rings (SSSR count). The van der Waals surface area contributed by atoms with Crippen LogP contribution in [0.5, 0.6) is 0 Å². The molecule has 0 amide bonds. The highest BCUT2D eigenvalue weighted by molar-refractivity contribution is 9.10. The minimum Gasteiger partial charge on any atom is -0.452 e. The fraction of sp³-hybridized carbons (Fsp3) is 0.636. The SMILES string of the molecule is CCC1CCCN1S(=O)(=O)c1cc(CN)oc1Br. The Morgan fingerprint density at radius 3 is 2.89 bits per heavy atom. The molecule has 0 aliphatic carbocycles. The zero-order valence-corrected chi connectivity index (χ0v) is 12.6. The van der Waals surface area contributed by atoms with Gasteiger partial charge in [0.15, 0.2) is 4.67 Å². The highest BCUT2D eigenvalue weighted by atomic mass is 79.9. The van der Waals surface area contributed by atoms with E-state index in [-0.39, 0.29) is 22.2 Å². The van der Waals surface area contributed by atoms with Crippen LogP contribution in [-0.4, -0.2) is 25.3 Å². The molecule has 5 nitrogen and oxygen atoms in total. The van der Waals surface area contributed by atoms with Gasteiger partial charge in [-0.3, -0.25) is 0 Å². The molecule has 1 aliphatic rings. The van der Waals surface area contributed by atoms with Crippen molar-refractivity contribution < 1.29 is 12.8 Å². The molecular weight excluding hydrogens is 320 g/mol. The van der Waals surface area contributed by atoms with E-state index in [0.29, 0.717) is 12.3 Å². The van der Waals surface area contributed by atoms with Gasteiger partial charge in [0.2, 0.25) is 10.0 Å². The van der Waals surface area contributed by atoms with Crippen LogP contribution in [0.3, 0.4) is 0 Å². The third-order valence-electron chi connectivity index (χ3n) is 3.29. The zero-order valence-electron chi connectivity index (χ0n) is 10.2. The van der Waals surface area contributed by atoms with Crippen molar-refractivity contribution in [1.29, 1.82) is 0 Å². The minimum atomic E-state index is -3.48. The Morgan fingerprint density at radius 1 is 1.61 bits per heavy atom. The molecule has 0 aromatic carbocycles. The van der Waals surface area contributed by atoms with Gasteiger partial charge in [-0.2, -0.15) is 4.31 Å². The molecule has 7 heteroatoms. The van der Waals surface area contributed by atoms with Gasteiger partial charge < -0.3 is 10.2 Å². The highest BCUT2D eigenvalue weighted by Gasteiger charge is 2.36. The monoisotopic (exact) mass is 336 g/mol. The third-order valence-corrected chi connectivity index (χ3v) is 6.10. The largest absolute Gasteiger partial charge is 0.452 e. The Labute approximate surface area is 116 Å². The molecule has 1 unspecified atom stereocenters. The number of furan rings is 1. The molecule has 102 valence electrons. The second-order valence-corrected chi connectivity index (χ2v) is 6.95. The van der Waals surface area contributed by atoms with Crippen molar-refractivity contribution in [3.05, 3.63) is 16.5 Å². The predicted octanol–water partition coefficient (Wildman–Crippen LogP) is 2.06. The predicted molar refractivity (Wildman–Crippen MR) is 71.5 cm³/mol. The first-order chi connectivity index (χ1) is 8.50. The van der Waals surface area contributed by atoms with Crippen molar-refractivity contribution in [2.24, 2.45) is 5.73 Å². The molecule has 1 aromatic rings. The van der Waals surface area contributed by atoms with Gasteiger partial charge in [0.1, 0.15) is 10.7 Å². The quantitative estimate of drug-likeness (QED) is 0.912. The smallest absolute Gasteiger partial charge is 0.247 e. The second kappa shape index (κ2) is 5.32. The average Bonchev–Trinajstić information content (AvgIpc) is 2.94. The van der Waals surface area contributed by atoms with E-state index in [4.69, 9.17) is 10.2 Å². The lowest BCUT2D eigenvalue weighted by Crippen LogP contribution is -2.35. The number of rotatable bonds is 4. The maximum Gasteiger partial charge on any atom is 0.247 e. The average molecular weight is 337 g/mol. The van der Waals surface area contributed by atoms with E-state index in [1.54, 1.807) is 4.31 Å². The van der Waals surface area contributed by atoms with Crippen molar-refractivity contribution in [1.82, 2.24) is 4.31 Å². The molecule has 1 atom stereocenters. The first-order valence-corrected chi connectivity index (χ1v) is 8.24. The summed E-state index contributed by atoms with van der Waals surface area (Å²) in [6.07, 6.45) is 2.67. The molecule has 0 saturated carbocycles. The molecule has 0 radical (unpaired) electrons. The summed E-state index contributed by atoms with van der Waals surface area (Å²) in [6, 6.07) is 1.60. The minimum absolute atomic E-state index is 0.0955. The van der Waals surface area contributed by atoms with Crippen molar-refractivity contribution in [2.75, 3.05) is 6.54 Å². The van der Waals surface area contributed by atoms with E-state index in [0.717, 1.165) is 19.3 Å². The van der Waals surface area contributed by atoms with Crippen LogP contribution in [0, 0.1) is 0 Å². The van der Waals surface area contributed by atoms with Gasteiger partial charge in [-0.05, 0) is 35.2 Å². The second-order valence-electron chi connectivity index (χ2n) is 4.37. The van der Waals surface area contributed by atoms with E-state index in [9.17, 15) is 8.42 Å². The molecule has 1 aromatic heterocycles. The standard InChI is InChI=1S/C11H17BrN2O3S/c1-2-8-4-3-5-14(8)18(15,16)10-6-9(7-13)17-11(10)12/h6,8H,2-5,7,13H2,1H3. The molecule has 18 heavy (non-hydrogen) atoms. The van der Waals surface area contributed by atoms with Crippen molar-refractivity contribution in [2.45, 2.75) is 43.7 Å². The van der Waals surface area contributed by atoms with Gasteiger partial charge in [-0.15, -0.1) is 0 Å². The summed E-state index contributed by atoms with van der Waals surface area (Å²) in [6.45, 7) is 2.77. The maximum absolute atomic E-state index is 12.5. The first kappa shape index (κ1) is 14.0. The summed E-state index contributed by atoms with van der Waals surface area (Å²) in [5, 5.41) is 0. The number of hydrogen-bond acceptors (Lipinski definition) is 4. The van der Waals surface area contributed by atoms with Crippen LogP contribution in [0.1, 0.15) is 31.9 Å². The summed E-state index contributed by atoms with van der Waals surface area (Å²) in [7, 11) is -3.48. The Bertz CT molecular complexity index is 526. The van der Waals surface area contributed by atoms with Crippen LogP contribution in [0.2, 0.25) is 0 Å². The Kier molecular flexibility index (Phi) is 4.15. The van der Waals surface area contributed by atoms with E-state index in [1.165, 1.54) is 6.07 Å². The molecule has 0 bridgehead atoms. The van der Waals surface area contributed by atoms with E-state index in [2.05, 4.69) is 15.9 Å². The van der Waals surface area contributed by atoms with Gasteiger partial charge in [0, 0.05) is 18.7 Å². The fourth-order valence-electron chi connectivity index (χ4n) is 2.33. The number of halogens is 1.